The van der Waals surface area contributed by atoms with Crippen molar-refractivity contribution >= 4 is 0 Å². The lowest BCUT2D eigenvalue weighted by atomic mass is 10.2. The quantitative estimate of drug-likeness (QED) is 0.669. The maximum absolute atomic E-state index is 12.7. The fourth-order valence-electron chi connectivity index (χ4n) is 1.73. The third-order valence-corrected chi connectivity index (χ3v) is 2.52. The highest BCUT2D eigenvalue weighted by Gasteiger charge is 2.18. The Kier molecular flexibility index (Phi) is 2.14. The summed E-state index contributed by atoms with van der Waals surface area (Å²) >= 11 is 0. The molecule has 0 saturated carbocycles. The van der Waals surface area contributed by atoms with Gasteiger partial charge in [-0.3, -0.25) is 0 Å². The molecule has 6 heteroatoms. The molecular weight excluding hydrogens is 211 g/mol. The van der Waals surface area contributed by atoms with Gasteiger partial charge in [-0.15, -0.1) is 5.10 Å². The van der Waals surface area contributed by atoms with Crippen LogP contribution in [-0.2, 0) is 17.8 Å². The van der Waals surface area contributed by atoms with Crippen LogP contribution in [0.4, 0.5) is 4.39 Å². The summed E-state index contributed by atoms with van der Waals surface area (Å²) in [7, 11) is 0. The minimum Gasteiger partial charge on any atom is -0.375 e. The number of halogens is 1. The molecule has 16 heavy (non-hydrogen) atoms. The highest BCUT2D eigenvalue weighted by atomic mass is 19.1. The van der Waals surface area contributed by atoms with Crippen molar-refractivity contribution in [2.24, 2.45) is 0 Å². The maximum Gasteiger partial charge on any atom is 0.212 e. The number of rotatable bonds is 1. The van der Waals surface area contributed by atoms with Crippen LogP contribution in [-0.4, -0.2) is 26.6 Å². The van der Waals surface area contributed by atoms with Crippen molar-refractivity contribution in [2.45, 2.75) is 13.0 Å². The molecule has 1 aliphatic rings. The monoisotopic (exact) mass is 220 g/mol. The van der Waals surface area contributed by atoms with Crippen molar-refractivity contribution in [1.29, 1.82) is 0 Å². The third-order valence-electron chi connectivity index (χ3n) is 2.52. The average molecular weight is 220 g/mol. The zero-order valence-electron chi connectivity index (χ0n) is 8.43. The lowest BCUT2D eigenvalue weighted by Crippen LogP contribution is -2.13. The zero-order valence-corrected chi connectivity index (χ0v) is 8.43. The molecule has 0 bridgehead atoms. The highest BCUT2D eigenvalue weighted by Crippen LogP contribution is 2.17. The van der Waals surface area contributed by atoms with E-state index in [1.807, 2.05) is 0 Å². The van der Waals surface area contributed by atoms with E-state index < -0.39 is 5.95 Å². The van der Waals surface area contributed by atoms with Gasteiger partial charge in [0.05, 0.1) is 30.8 Å². The van der Waals surface area contributed by atoms with Gasteiger partial charge < -0.3 is 4.74 Å². The molecule has 0 aliphatic carbocycles. The number of aromatic nitrogens is 4. The first-order valence-corrected chi connectivity index (χ1v) is 4.98. The first kappa shape index (κ1) is 9.41. The second kappa shape index (κ2) is 3.64. The fraction of sp³-hybridized carbons (Fsp3) is 0.300. The van der Waals surface area contributed by atoms with Gasteiger partial charge in [0.15, 0.2) is 0 Å². The summed E-state index contributed by atoms with van der Waals surface area (Å²) in [5.74, 6) is -0.499. The number of hydrogen-bond donors (Lipinski definition) is 0. The van der Waals surface area contributed by atoms with Crippen molar-refractivity contribution in [3.8, 4) is 5.69 Å². The number of hydrogen-bond acceptors (Lipinski definition) is 4. The Labute approximate surface area is 90.9 Å². The van der Waals surface area contributed by atoms with Gasteiger partial charge in [0, 0.05) is 6.42 Å². The van der Waals surface area contributed by atoms with Gasteiger partial charge in [-0.25, -0.2) is 9.67 Å². The number of nitrogens with zero attached hydrogens (tertiary/aromatic N) is 4. The Hall–Kier alpha value is -1.82. The van der Waals surface area contributed by atoms with E-state index >= 15 is 0 Å². The van der Waals surface area contributed by atoms with E-state index in [4.69, 9.17) is 4.74 Å². The first-order chi connectivity index (χ1) is 7.84. The molecule has 0 unspecified atom stereocenters. The average Bonchev–Trinajstić information content (AvgIpc) is 2.74. The van der Waals surface area contributed by atoms with Crippen molar-refractivity contribution in [3.63, 3.8) is 0 Å². The Morgan fingerprint density at radius 1 is 1.38 bits per heavy atom. The van der Waals surface area contributed by atoms with Crippen LogP contribution in [0.3, 0.4) is 0 Å². The number of fused-ring (bicyclic) bond motifs is 1. The molecule has 0 N–H and O–H groups in total. The van der Waals surface area contributed by atoms with Crippen LogP contribution in [0.25, 0.3) is 5.69 Å². The predicted molar refractivity (Wildman–Crippen MR) is 52.5 cm³/mol. The SMILES string of the molecule is Fc1ccc(-n2nnc3c2CCOC3)cn1. The van der Waals surface area contributed by atoms with Crippen LogP contribution in [0, 0.1) is 5.95 Å². The van der Waals surface area contributed by atoms with Crippen LogP contribution in [0.5, 0.6) is 0 Å². The van der Waals surface area contributed by atoms with Crippen molar-refractivity contribution in [3.05, 3.63) is 35.7 Å². The Bertz CT molecular complexity index is 508. The molecule has 3 rings (SSSR count). The van der Waals surface area contributed by atoms with E-state index in [0.717, 1.165) is 23.5 Å². The largest absolute Gasteiger partial charge is 0.375 e. The smallest absolute Gasteiger partial charge is 0.212 e. The van der Waals surface area contributed by atoms with Gasteiger partial charge in [0.2, 0.25) is 5.95 Å². The normalized spacial score (nSPS) is 14.8. The van der Waals surface area contributed by atoms with E-state index in [0.29, 0.717) is 13.2 Å². The fourth-order valence-corrected chi connectivity index (χ4v) is 1.73. The van der Waals surface area contributed by atoms with Gasteiger partial charge >= 0.3 is 0 Å². The van der Waals surface area contributed by atoms with Crippen LogP contribution in [0.15, 0.2) is 18.3 Å². The van der Waals surface area contributed by atoms with E-state index in [9.17, 15) is 4.39 Å². The molecule has 0 atom stereocenters. The van der Waals surface area contributed by atoms with E-state index in [1.165, 1.54) is 12.3 Å². The first-order valence-electron chi connectivity index (χ1n) is 4.98. The topological polar surface area (TPSA) is 52.8 Å². The molecule has 0 fully saturated rings. The molecule has 0 saturated heterocycles. The predicted octanol–water partition coefficient (Wildman–Crippen LogP) is 0.874. The standard InChI is InChI=1S/C10H9FN4O/c11-10-2-1-7(5-12-10)15-9-3-4-16-6-8(9)13-14-15/h1-2,5H,3-4,6H2. The zero-order chi connectivity index (χ0) is 11.0. The minimum atomic E-state index is -0.499. The van der Waals surface area contributed by atoms with Crippen molar-refractivity contribution < 1.29 is 9.13 Å². The lowest BCUT2D eigenvalue weighted by molar-refractivity contribution is 0.107. The van der Waals surface area contributed by atoms with Crippen LogP contribution in [0.2, 0.25) is 0 Å². The van der Waals surface area contributed by atoms with Gasteiger partial charge in [0.25, 0.3) is 0 Å². The lowest BCUT2D eigenvalue weighted by Gasteiger charge is -2.12. The maximum atomic E-state index is 12.7. The highest BCUT2D eigenvalue weighted by molar-refractivity contribution is 5.30. The second-order valence-corrected chi connectivity index (χ2v) is 3.54. The number of ether oxygens (including phenoxy) is 1. The van der Waals surface area contributed by atoms with Crippen LogP contribution < -0.4 is 0 Å². The Morgan fingerprint density at radius 3 is 3.12 bits per heavy atom. The summed E-state index contributed by atoms with van der Waals surface area (Å²) in [6.45, 7) is 1.15. The van der Waals surface area contributed by atoms with E-state index in [1.54, 1.807) is 10.7 Å². The van der Waals surface area contributed by atoms with Gasteiger partial charge in [-0.05, 0) is 12.1 Å². The molecule has 2 aromatic heterocycles. The molecule has 2 aromatic rings. The summed E-state index contributed by atoms with van der Waals surface area (Å²) < 4.78 is 19.6. The molecule has 0 radical (unpaired) electrons. The van der Waals surface area contributed by atoms with E-state index in [-0.39, 0.29) is 0 Å². The molecule has 0 amide bonds. The molecule has 0 spiro atoms. The minimum absolute atomic E-state index is 0.490. The summed E-state index contributed by atoms with van der Waals surface area (Å²) in [6.07, 6.45) is 2.21. The van der Waals surface area contributed by atoms with Crippen molar-refractivity contribution in [1.82, 2.24) is 20.0 Å². The van der Waals surface area contributed by atoms with Gasteiger partial charge in [-0.2, -0.15) is 4.39 Å². The molecule has 0 aromatic carbocycles. The molecular formula is C10H9FN4O. The van der Waals surface area contributed by atoms with E-state index in [2.05, 4.69) is 15.3 Å². The summed E-state index contributed by atoms with van der Waals surface area (Å²) in [6, 6.07) is 2.94. The summed E-state index contributed by atoms with van der Waals surface area (Å²) in [4.78, 5) is 3.60. The molecule has 5 nitrogen and oxygen atoms in total. The van der Waals surface area contributed by atoms with Crippen LogP contribution in [0.1, 0.15) is 11.4 Å². The number of pyridine rings is 1. The summed E-state index contributed by atoms with van der Waals surface area (Å²) in [5, 5.41) is 8.04. The Balaban J connectivity index is 2.06. The van der Waals surface area contributed by atoms with Crippen molar-refractivity contribution in [2.75, 3.05) is 6.61 Å². The van der Waals surface area contributed by atoms with Gasteiger partial charge in [0.1, 0.15) is 5.69 Å². The second-order valence-electron chi connectivity index (χ2n) is 3.54. The summed E-state index contributed by atoms with van der Waals surface area (Å²) in [5.41, 5.74) is 2.58. The Morgan fingerprint density at radius 2 is 2.31 bits per heavy atom. The van der Waals surface area contributed by atoms with Gasteiger partial charge in [-0.1, -0.05) is 5.21 Å². The molecule has 1 aliphatic heterocycles. The molecule has 82 valence electrons. The molecule has 3 heterocycles. The third kappa shape index (κ3) is 1.47. The van der Waals surface area contributed by atoms with Crippen LogP contribution >= 0.6 is 0 Å².